The highest BCUT2D eigenvalue weighted by Gasteiger charge is 2.40. The van der Waals surface area contributed by atoms with Gasteiger partial charge in [-0.3, -0.25) is 4.79 Å². The Morgan fingerprint density at radius 2 is 2.17 bits per heavy atom. The zero-order chi connectivity index (χ0) is 13.2. The number of amides is 1. The molecule has 1 aromatic heterocycles. The third kappa shape index (κ3) is 2.80. The first-order valence-corrected chi connectivity index (χ1v) is 6.53. The van der Waals surface area contributed by atoms with Crippen molar-refractivity contribution < 1.29 is 22.4 Å². The van der Waals surface area contributed by atoms with Crippen molar-refractivity contribution in [3.63, 3.8) is 0 Å². The molecule has 0 N–H and O–H groups in total. The molecule has 0 spiro atoms. The minimum Gasteiger partial charge on any atom is -0.438 e. The summed E-state index contributed by atoms with van der Waals surface area (Å²) in [5.74, 6) is 0.185. The molecule has 0 atom stereocenters. The molecule has 0 unspecified atom stereocenters. The number of hydrogen-bond acceptors (Lipinski definition) is 4. The molecule has 1 aliphatic rings. The molecule has 8 heteroatoms. The smallest absolute Gasteiger partial charge is 0.437 e. The summed E-state index contributed by atoms with van der Waals surface area (Å²) in [6, 6.07) is 0. The first-order chi connectivity index (χ1) is 8.50. The van der Waals surface area contributed by atoms with Crippen LogP contribution in [0.25, 0.3) is 0 Å². The summed E-state index contributed by atoms with van der Waals surface area (Å²) in [6.07, 6.45) is -3.24. The summed E-state index contributed by atoms with van der Waals surface area (Å²) in [4.78, 5) is 16.4. The summed E-state index contributed by atoms with van der Waals surface area (Å²) >= 11 is 1.68. The van der Waals surface area contributed by atoms with Crippen molar-refractivity contribution in [2.24, 2.45) is 0 Å². The van der Waals surface area contributed by atoms with E-state index < -0.39 is 23.5 Å². The summed E-state index contributed by atoms with van der Waals surface area (Å²) in [5, 5.41) is 0. The summed E-state index contributed by atoms with van der Waals surface area (Å²) in [6.45, 7) is 0.880. The molecule has 1 aliphatic heterocycles. The maximum atomic E-state index is 12.6. The third-order valence-electron chi connectivity index (χ3n) is 2.54. The highest BCUT2D eigenvalue weighted by molar-refractivity contribution is 7.99. The van der Waals surface area contributed by atoms with Crippen LogP contribution in [0.15, 0.2) is 10.8 Å². The second-order valence-corrected chi connectivity index (χ2v) is 5.01. The average Bonchev–Trinajstić information content (AvgIpc) is 2.64. The Balaban J connectivity index is 2.20. The van der Waals surface area contributed by atoms with Gasteiger partial charge in [-0.2, -0.15) is 24.9 Å². The number of thioether (sulfide) groups is 1. The zero-order valence-electron chi connectivity index (χ0n) is 9.37. The molecule has 18 heavy (non-hydrogen) atoms. The minimum atomic E-state index is -4.67. The van der Waals surface area contributed by atoms with E-state index in [2.05, 4.69) is 9.40 Å². The van der Waals surface area contributed by atoms with Gasteiger partial charge in [0.2, 0.25) is 5.76 Å². The van der Waals surface area contributed by atoms with Crippen molar-refractivity contribution in [3.8, 4) is 0 Å². The van der Waals surface area contributed by atoms with Crippen molar-refractivity contribution in [3.05, 3.63) is 17.8 Å². The van der Waals surface area contributed by atoms with Crippen LogP contribution in [0.5, 0.6) is 0 Å². The molecule has 1 amide bonds. The first kappa shape index (κ1) is 13.3. The van der Waals surface area contributed by atoms with Crippen LogP contribution in [0, 0.1) is 0 Å². The van der Waals surface area contributed by atoms with Crippen LogP contribution in [0.2, 0.25) is 0 Å². The minimum absolute atomic E-state index is 0.432. The van der Waals surface area contributed by atoms with E-state index in [1.165, 1.54) is 4.90 Å². The monoisotopic (exact) mass is 280 g/mol. The van der Waals surface area contributed by atoms with Crippen molar-refractivity contribution in [2.45, 2.75) is 12.6 Å². The van der Waals surface area contributed by atoms with Gasteiger partial charge in [0.1, 0.15) is 0 Å². The fourth-order valence-electron chi connectivity index (χ4n) is 1.69. The van der Waals surface area contributed by atoms with Gasteiger partial charge in [-0.05, 0) is 12.2 Å². The van der Waals surface area contributed by atoms with Crippen molar-refractivity contribution in [1.82, 2.24) is 9.88 Å². The first-order valence-electron chi connectivity index (χ1n) is 5.38. The van der Waals surface area contributed by atoms with Crippen molar-refractivity contribution in [2.75, 3.05) is 24.6 Å². The lowest BCUT2D eigenvalue weighted by atomic mass is 10.3. The quantitative estimate of drug-likeness (QED) is 0.791. The molecular weight excluding hydrogens is 269 g/mol. The van der Waals surface area contributed by atoms with Crippen LogP contribution < -0.4 is 0 Å². The van der Waals surface area contributed by atoms with Crippen molar-refractivity contribution in [1.29, 1.82) is 0 Å². The van der Waals surface area contributed by atoms with Gasteiger partial charge in [0.15, 0.2) is 12.1 Å². The molecule has 0 bridgehead atoms. The fraction of sp³-hybridized carbons (Fsp3) is 0.600. The molecular formula is C10H11F3N2O2S. The second-order valence-electron chi connectivity index (χ2n) is 3.79. The molecule has 0 aliphatic carbocycles. The number of aromatic nitrogens is 1. The predicted octanol–water partition coefficient (Wildman–Crippen LogP) is 2.27. The van der Waals surface area contributed by atoms with Gasteiger partial charge in [0.05, 0.1) is 0 Å². The van der Waals surface area contributed by atoms with Crippen LogP contribution in [0.1, 0.15) is 22.7 Å². The summed E-state index contributed by atoms with van der Waals surface area (Å²) < 4.78 is 42.4. The van der Waals surface area contributed by atoms with Gasteiger partial charge in [-0.15, -0.1) is 0 Å². The number of oxazole rings is 1. The topological polar surface area (TPSA) is 46.3 Å². The molecule has 2 rings (SSSR count). The van der Waals surface area contributed by atoms with Gasteiger partial charge in [-0.1, -0.05) is 0 Å². The molecule has 100 valence electrons. The molecule has 2 heterocycles. The average molecular weight is 280 g/mol. The van der Waals surface area contributed by atoms with Crippen LogP contribution in [-0.2, 0) is 6.18 Å². The van der Waals surface area contributed by atoms with Crippen LogP contribution in [-0.4, -0.2) is 40.4 Å². The number of carbonyl (C=O) groups is 1. The van der Waals surface area contributed by atoms with E-state index in [1.807, 2.05) is 0 Å². The van der Waals surface area contributed by atoms with Crippen LogP contribution >= 0.6 is 11.8 Å². The lowest BCUT2D eigenvalue weighted by Gasteiger charge is -2.18. The van der Waals surface area contributed by atoms with E-state index in [0.29, 0.717) is 19.5 Å². The van der Waals surface area contributed by atoms with E-state index in [0.717, 1.165) is 17.9 Å². The lowest BCUT2D eigenvalue weighted by molar-refractivity contribution is -0.141. The van der Waals surface area contributed by atoms with Gasteiger partial charge < -0.3 is 9.32 Å². The van der Waals surface area contributed by atoms with E-state index in [9.17, 15) is 18.0 Å². The Bertz CT molecular complexity index is 425. The number of carbonyl (C=O) groups excluding carboxylic acids is 1. The van der Waals surface area contributed by atoms with Crippen LogP contribution in [0.3, 0.4) is 0 Å². The fourth-order valence-corrected chi connectivity index (χ4v) is 2.58. The maximum Gasteiger partial charge on any atom is 0.437 e. The van der Waals surface area contributed by atoms with Gasteiger partial charge in [0, 0.05) is 18.8 Å². The summed E-state index contributed by atoms with van der Waals surface area (Å²) in [7, 11) is 0. The number of nitrogens with zero attached hydrogens (tertiary/aromatic N) is 2. The highest BCUT2D eigenvalue weighted by Crippen LogP contribution is 2.31. The Labute approximate surface area is 106 Å². The Kier molecular flexibility index (Phi) is 3.84. The Hall–Kier alpha value is -1.18. The number of halogens is 3. The standard InChI is InChI=1S/C10H11F3N2O2S/c11-10(12,13)8-7(17-6-14-8)9(16)15-2-1-4-18-5-3-15/h6H,1-5H2. The van der Waals surface area contributed by atoms with E-state index in [4.69, 9.17) is 0 Å². The Morgan fingerprint density at radius 3 is 2.89 bits per heavy atom. The Morgan fingerprint density at radius 1 is 1.39 bits per heavy atom. The normalized spacial score (nSPS) is 17.6. The molecule has 1 saturated heterocycles. The molecule has 0 radical (unpaired) electrons. The highest BCUT2D eigenvalue weighted by atomic mass is 32.2. The van der Waals surface area contributed by atoms with E-state index >= 15 is 0 Å². The number of hydrogen-bond donors (Lipinski definition) is 0. The largest absolute Gasteiger partial charge is 0.438 e. The van der Waals surface area contributed by atoms with Crippen LogP contribution in [0.4, 0.5) is 13.2 Å². The molecule has 0 saturated carbocycles. The molecule has 1 fully saturated rings. The molecule has 1 aromatic rings. The lowest BCUT2D eigenvalue weighted by Crippen LogP contribution is -2.34. The van der Waals surface area contributed by atoms with Gasteiger partial charge in [0.25, 0.3) is 5.91 Å². The maximum absolute atomic E-state index is 12.6. The third-order valence-corrected chi connectivity index (χ3v) is 3.59. The summed E-state index contributed by atoms with van der Waals surface area (Å²) in [5.41, 5.74) is -1.25. The van der Waals surface area contributed by atoms with E-state index in [1.54, 1.807) is 11.8 Å². The van der Waals surface area contributed by atoms with E-state index in [-0.39, 0.29) is 0 Å². The van der Waals surface area contributed by atoms with Gasteiger partial charge >= 0.3 is 6.18 Å². The van der Waals surface area contributed by atoms with Crippen molar-refractivity contribution >= 4 is 17.7 Å². The predicted molar refractivity (Wildman–Crippen MR) is 59.4 cm³/mol. The van der Waals surface area contributed by atoms with Gasteiger partial charge in [-0.25, -0.2) is 4.98 Å². The molecule has 0 aromatic carbocycles. The number of alkyl halides is 3. The number of rotatable bonds is 1. The zero-order valence-corrected chi connectivity index (χ0v) is 10.2. The second kappa shape index (κ2) is 5.21. The SMILES string of the molecule is O=C(c1ocnc1C(F)(F)F)N1CCCSCC1. The molecule has 4 nitrogen and oxygen atoms in total.